The fraction of sp³-hybridized carbons (Fsp3) is 0.500. The van der Waals surface area contributed by atoms with Gasteiger partial charge in [-0.05, 0) is 23.8 Å². The van der Waals surface area contributed by atoms with Gasteiger partial charge in [-0.1, -0.05) is 60.1 Å². The summed E-state index contributed by atoms with van der Waals surface area (Å²) < 4.78 is 0. The van der Waals surface area contributed by atoms with Gasteiger partial charge in [0.05, 0.1) is 0 Å². The third-order valence-electron chi connectivity index (χ3n) is 2.39. The van der Waals surface area contributed by atoms with E-state index in [2.05, 4.69) is 60.1 Å². The zero-order valence-corrected chi connectivity index (χ0v) is 9.92. The SMILES string of the molecule is CC(CBr)CC(C)c1ccccc1. The van der Waals surface area contributed by atoms with Crippen LogP contribution in [0.2, 0.25) is 0 Å². The Bertz CT molecular complexity index is 230. The van der Waals surface area contributed by atoms with Gasteiger partial charge in [0, 0.05) is 5.33 Å². The Balaban J connectivity index is 2.53. The fourth-order valence-electron chi connectivity index (χ4n) is 1.58. The molecule has 0 saturated heterocycles. The summed E-state index contributed by atoms with van der Waals surface area (Å²) in [4.78, 5) is 0. The van der Waals surface area contributed by atoms with Crippen LogP contribution in [0.25, 0.3) is 0 Å². The van der Waals surface area contributed by atoms with Crippen LogP contribution in [0.5, 0.6) is 0 Å². The maximum Gasteiger partial charge on any atom is 0.00572 e. The van der Waals surface area contributed by atoms with Gasteiger partial charge in [0.15, 0.2) is 0 Å². The highest BCUT2D eigenvalue weighted by atomic mass is 79.9. The number of hydrogen-bond acceptors (Lipinski definition) is 0. The van der Waals surface area contributed by atoms with Crippen LogP contribution in [-0.2, 0) is 0 Å². The molecule has 2 atom stereocenters. The molecule has 0 nitrogen and oxygen atoms in total. The lowest BCUT2D eigenvalue weighted by molar-refractivity contribution is 0.533. The molecule has 13 heavy (non-hydrogen) atoms. The summed E-state index contributed by atoms with van der Waals surface area (Å²) in [6, 6.07) is 10.7. The maximum absolute atomic E-state index is 3.52. The van der Waals surface area contributed by atoms with E-state index in [4.69, 9.17) is 0 Å². The average Bonchev–Trinajstić information content (AvgIpc) is 2.19. The quantitative estimate of drug-likeness (QED) is 0.692. The van der Waals surface area contributed by atoms with Gasteiger partial charge in [0.25, 0.3) is 0 Å². The van der Waals surface area contributed by atoms with Gasteiger partial charge in [-0.25, -0.2) is 0 Å². The lowest BCUT2D eigenvalue weighted by Gasteiger charge is -2.15. The third kappa shape index (κ3) is 3.51. The normalized spacial score (nSPS) is 15.3. The summed E-state index contributed by atoms with van der Waals surface area (Å²) in [5.74, 6) is 1.43. The van der Waals surface area contributed by atoms with Crippen molar-refractivity contribution in [3.05, 3.63) is 35.9 Å². The first kappa shape index (κ1) is 10.8. The molecule has 1 aromatic rings. The van der Waals surface area contributed by atoms with Crippen LogP contribution in [-0.4, -0.2) is 5.33 Å². The van der Waals surface area contributed by atoms with Gasteiger partial charge in [0.1, 0.15) is 0 Å². The van der Waals surface area contributed by atoms with Gasteiger partial charge in [0.2, 0.25) is 0 Å². The second-order valence-electron chi connectivity index (χ2n) is 3.81. The first-order chi connectivity index (χ1) is 6.24. The molecule has 0 aliphatic heterocycles. The molecule has 1 rings (SSSR count). The van der Waals surface area contributed by atoms with Crippen LogP contribution in [0.15, 0.2) is 30.3 Å². The minimum atomic E-state index is 0.675. The van der Waals surface area contributed by atoms with Crippen LogP contribution in [0.4, 0.5) is 0 Å². The van der Waals surface area contributed by atoms with Gasteiger partial charge >= 0.3 is 0 Å². The van der Waals surface area contributed by atoms with Crippen LogP contribution in [0, 0.1) is 5.92 Å². The Kier molecular flexibility index (Phi) is 4.51. The first-order valence-electron chi connectivity index (χ1n) is 4.85. The van der Waals surface area contributed by atoms with Gasteiger partial charge < -0.3 is 0 Å². The Morgan fingerprint density at radius 1 is 1.15 bits per heavy atom. The molecule has 1 aromatic carbocycles. The highest BCUT2D eigenvalue weighted by Gasteiger charge is 2.08. The maximum atomic E-state index is 3.52. The van der Waals surface area contributed by atoms with E-state index >= 15 is 0 Å². The number of alkyl halides is 1. The van der Waals surface area contributed by atoms with E-state index in [-0.39, 0.29) is 0 Å². The highest BCUT2D eigenvalue weighted by molar-refractivity contribution is 9.09. The zero-order chi connectivity index (χ0) is 9.68. The predicted molar refractivity (Wildman–Crippen MR) is 62.4 cm³/mol. The molecule has 0 fully saturated rings. The molecule has 1 heteroatoms. The summed E-state index contributed by atoms with van der Waals surface area (Å²) >= 11 is 3.52. The molecular weight excluding hydrogens is 224 g/mol. The molecular formula is C12H17Br. The summed E-state index contributed by atoms with van der Waals surface area (Å²) in [5.41, 5.74) is 1.45. The minimum Gasteiger partial charge on any atom is -0.0925 e. The topological polar surface area (TPSA) is 0 Å². The second-order valence-corrected chi connectivity index (χ2v) is 4.45. The predicted octanol–water partition coefficient (Wildman–Crippen LogP) is 4.21. The average molecular weight is 241 g/mol. The Morgan fingerprint density at radius 3 is 2.31 bits per heavy atom. The molecule has 0 aliphatic carbocycles. The molecule has 72 valence electrons. The number of rotatable bonds is 4. The molecule has 0 aromatic heterocycles. The number of hydrogen-bond donors (Lipinski definition) is 0. The van der Waals surface area contributed by atoms with Crippen LogP contribution in [0.3, 0.4) is 0 Å². The van der Waals surface area contributed by atoms with Gasteiger partial charge in [-0.3, -0.25) is 0 Å². The van der Waals surface area contributed by atoms with E-state index in [1.807, 2.05) is 0 Å². The second kappa shape index (κ2) is 5.43. The van der Waals surface area contributed by atoms with Crippen LogP contribution >= 0.6 is 15.9 Å². The van der Waals surface area contributed by atoms with Crippen molar-refractivity contribution in [3.8, 4) is 0 Å². The molecule has 0 N–H and O–H groups in total. The molecule has 0 saturated carbocycles. The fourth-order valence-corrected chi connectivity index (χ4v) is 1.85. The Hall–Kier alpha value is -0.300. The molecule has 0 heterocycles. The summed E-state index contributed by atoms with van der Waals surface area (Å²) in [6.07, 6.45) is 1.26. The van der Waals surface area contributed by atoms with Crippen molar-refractivity contribution >= 4 is 15.9 Å². The van der Waals surface area contributed by atoms with Crippen molar-refractivity contribution in [1.29, 1.82) is 0 Å². The monoisotopic (exact) mass is 240 g/mol. The summed E-state index contributed by atoms with van der Waals surface area (Å²) in [7, 11) is 0. The van der Waals surface area contributed by atoms with Crippen molar-refractivity contribution in [2.45, 2.75) is 26.2 Å². The largest absolute Gasteiger partial charge is 0.0925 e. The minimum absolute atomic E-state index is 0.675. The highest BCUT2D eigenvalue weighted by Crippen LogP contribution is 2.23. The van der Waals surface area contributed by atoms with Crippen molar-refractivity contribution in [1.82, 2.24) is 0 Å². The molecule has 2 unspecified atom stereocenters. The summed E-state index contributed by atoms with van der Waals surface area (Å²) in [5, 5.41) is 1.10. The van der Waals surface area contributed by atoms with E-state index in [1.54, 1.807) is 0 Å². The first-order valence-corrected chi connectivity index (χ1v) is 5.97. The molecule has 0 spiro atoms. The van der Waals surface area contributed by atoms with Gasteiger partial charge in [-0.15, -0.1) is 0 Å². The lowest BCUT2D eigenvalue weighted by Crippen LogP contribution is -2.02. The molecule has 0 amide bonds. The van der Waals surface area contributed by atoms with E-state index in [0.717, 1.165) is 11.2 Å². The van der Waals surface area contributed by atoms with Crippen molar-refractivity contribution < 1.29 is 0 Å². The Morgan fingerprint density at radius 2 is 1.77 bits per heavy atom. The molecule has 0 aliphatic rings. The summed E-state index contributed by atoms with van der Waals surface area (Å²) in [6.45, 7) is 4.59. The van der Waals surface area contributed by atoms with Crippen molar-refractivity contribution in [2.75, 3.05) is 5.33 Å². The molecule has 0 bridgehead atoms. The standard InChI is InChI=1S/C12H17Br/c1-10(9-13)8-11(2)12-6-4-3-5-7-12/h3-7,10-11H,8-9H2,1-2H3. The van der Waals surface area contributed by atoms with Crippen LogP contribution < -0.4 is 0 Å². The number of benzene rings is 1. The third-order valence-corrected chi connectivity index (χ3v) is 3.49. The van der Waals surface area contributed by atoms with Crippen molar-refractivity contribution in [3.63, 3.8) is 0 Å². The van der Waals surface area contributed by atoms with Crippen LogP contribution in [0.1, 0.15) is 31.7 Å². The Labute approximate surface area is 89.5 Å². The van der Waals surface area contributed by atoms with E-state index in [0.29, 0.717) is 5.92 Å². The van der Waals surface area contributed by atoms with E-state index in [1.165, 1.54) is 12.0 Å². The van der Waals surface area contributed by atoms with Gasteiger partial charge in [-0.2, -0.15) is 0 Å². The number of halogens is 1. The zero-order valence-electron chi connectivity index (χ0n) is 8.33. The lowest BCUT2D eigenvalue weighted by atomic mass is 9.92. The smallest absolute Gasteiger partial charge is 0.00572 e. The van der Waals surface area contributed by atoms with E-state index in [9.17, 15) is 0 Å². The van der Waals surface area contributed by atoms with Crippen molar-refractivity contribution in [2.24, 2.45) is 5.92 Å². The van der Waals surface area contributed by atoms with E-state index < -0.39 is 0 Å². The molecule has 0 radical (unpaired) electrons.